The van der Waals surface area contributed by atoms with Gasteiger partial charge in [0.1, 0.15) is 12.6 Å². The van der Waals surface area contributed by atoms with Crippen molar-refractivity contribution in [2.24, 2.45) is 0 Å². The zero-order valence-corrected chi connectivity index (χ0v) is 8.55. The van der Waals surface area contributed by atoms with Gasteiger partial charge in [0, 0.05) is 12.8 Å². The van der Waals surface area contributed by atoms with E-state index in [2.05, 4.69) is 0 Å². The van der Waals surface area contributed by atoms with Crippen molar-refractivity contribution in [2.75, 3.05) is 0 Å². The molecule has 11 heavy (non-hydrogen) atoms. The molecular weight excluding hydrogens is 211 g/mol. The molecule has 0 heterocycles. The molecule has 1 atom stereocenters. The second kappa shape index (κ2) is 12.3. The molecule has 0 aromatic rings. The average molecular weight is 224 g/mol. The summed E-state index contributed by atoms with van der Waals surface area (Å²) in [6, 6.07) is 0. The van der Waals surface area contributed by atoms with Gasteiger partial charge in [0.05, 0.1) is 0 Å². The summed E-state index contributed by atoms with van der Waals surface area (Å²) in [6.07, 6.45) is 3.37. The normalized spacial score (nSPS) is 10.7. The summed E-state index contributed by atoms with van der Waals surface area (Å²) < 4.78 is 16.9. The number of unbranched alkanes of at least 4 members (excludes halogenated alkanes) is 2. The topological polar surface area (TPSA) is 71.4 Å². The third kappa shape index (κ3) is 42.3. The molecule has 0 fully saturated rings. The molecule has 0 radical (unpaired) electrons. The van der Waals surface area contributed by atoms with Gasteiger partial charge in [-0.3, -0.25) is 0 Å². The Bertz CT molecular complexity index is 112. The van der Waals surface area contributed by atoms with Crippen molar-refractivity contribution < 1.29 is 17.4 Å². The number of hydrogen-bond donors (Lipinski definition) is 1. The van der Waals surface area contributed by atoms with Crippen molar-refractivity contribution in [1.29, 1.82) is 0 Å². The van der Waals surface area contributed by atoms with Gasteiger partial charge in [-0.2, -0.15) is 0 Å². The van der Waals surface area contributed by atoms with Gasteiger partial charge < -0.3 is 9.59 Å². The number of hydrogen-bond acceptors (Lipinski definition) is 3. The summed E-state index contributed by atoms with van der Waals surface area (Å²) >= 11 is -2.58. The van der Waals surface area contributed by atoms with E-state index in [1.807, 2.05) is 0 Å². The van der Waals surface area contributed by atoms with Crippen LogP contribution >= 0.6 is 0 Å². The first kappa shape index (κ1) is 13.3. The smallest absolute Gasteiger partial charge is 0.120 e. The molecule has 0 aliphatic carbocycles. The fraction of sp³-hybridized carbons (Fsp3) is 0.667. The Morgan fingerprint density at radius 1 is 1.27 bits per heavy atom. The third-order valence-corrected chi connectivity index (χ3v) is 0.644. The Balaban J connectivity index is 0. The Morgan fingerprint density at radius 2 is 1.55 bits per heavy atom. The van der Waals surface area contributed by atoms with Crippen LogP contribution in [0.2, 0.25) is 5.71 Å². The minimum Gasteiger partial charge on any atom is -0.303 e. The minimum atomic E-state index is -2.58. The Kier molecular flexibility index (Phi) is 14.9. The van der Waals surface area contributed by atoms with Crippen LogP contribution in [0.1, 0.15) is 19.3 Å². The van der Waals surface area contributed by atoms with Crippen LogP contribution in [0.5, 0.6) is 0 Å². The molecule has 0 aliphatic rings. The molecule has 5 heteroatoms. The predicted molar refractivity (Wildman–Crippen MR) is 41.9 cm³/mol. The van der Waals surface area contributed by atoms with Crippen molar-refractivity contribution in [1.82, 2.24) is 0 Å². The molecular formula is C6H13AsO4. The summed E-state index contributed by atoms with van der Waals surface area (Å²) in [6.45, 7) is 0. The second-order valence-corrected chi connectivity index (χ2v) is 3.96. The minimum absolute atomic E-state index is 0.513. The summed E-state index contributed by atoms with van der Waals surface area (Å²) in [5, 5.41) is 0. The van der Waals surface area contributed by atoms with Crippen molar-refractivity contribution in [3.8, 4) is 0 Å². The van der Waals surface area contributed by atoms with Crippen LogP contribution in [0.15, 0.2) is 0 Å². The SMILES string of the molecule is C[AsH](=O)O.O=CCCCC=O. The zero-order valence-electron chi connectivity index (χ0n) is 6.45. The quantitative estimate of drug-likeness (QED) is 0.408. The third-order valence-electron chi connectivity index (χ3n) is 0.644. The largest absolute Gasteiger partial charge is 0.303 e. The molecule has 4 nitrogen and oxygen atoms in total. The fourth-order valence-corrected chi connectivity index (χ4v) is 0.285. The van der Waals surface area contributed by atoms with E-state index in [4.69, 9.17) is 4.10 Å². The van der Waals surface area contributed by atoms with Crippen molar-refractivity contribution >= 4 is 27.5 Å². The average Bonchev–Trinajstić information content (AvgIpc) is 1.88. The molecule has 66 valence electrons. The summed E-state index contributed by atoms with van der Waals surface area (Å²) in [5.41, 5.74) is 1.33. The molecule has 0 bridgehead atoms. The van der Waals surface area contributed by atoms with Crippen LogP contribution in [-0.4, -0.2) is 31.6 Å². The van der Waals surface area contributed by atoms with Gasteiger partial charge in [-0.1, -0.05) is 0 Å². The first-order valence-electron chi connectivity index (χ1n) is 3.22. The molecule has 0 saturated carbocycles. The van der Waals surface area contributed by atoms with Gasteiger partial charge in [-0.05, 0) is 6.42 Å². The van der Waals surface area contributed by atoms with Gasteiger partial charge in [-0.15, -0.1) is 0 Å². The molecule has 0 saturated heterocycles. The van der Waals surface area contributed by atoms with Crippen molar-refractivity contribution in [3.05, 3.63) is 0 Å². The van der Waals surface area contributed by atoms with Crippen LogP contribution < -0.4 is 0 Å². The maximum atomic E-state index is 9.56. The van der Waals surface area contributed by atoms with Gasteiger partial charge in [0.15, 0.2) is 0 Å². The second-order valence-electron chi connectivity index (χ2n) is 1.78. The maximum Gasteiger partial charge on any atom is 0.120 e. The molecule has 1 unspecified atom stereocenters. The van der Waals surface area contributed by atoms with Gasteiger partial charge >= 0.3 is 28.5 Å². The van der Waals surface area contributed by atoms with Crippen molar-refractivity contribution in [2.45, 2.75) is 25.0 Å². The molecule has 0 aromatic heterocycles. The number of rotatable bonds is 4. The van der Waals surface area contributed by atoms with Crippen LogP contribution in [-0.2, 0) is 13.3 Å². The summed E-state index contributed by atoms with van der Waals surface area (Å²) in [5.74, 6) is 0. The number of aldehydes is 2. The Labute approximate surface area is 70.4 Å². The predicted octanol–water partition coefficient (Wildman–Crippen LogP) is -0.186. The van der Waals surface area contributed by atoms with E-state index in [0.717, 1.165) is 12.6 Å². The van der Waals surface area contributed by atoms with E-state index in [1.54, 1.807) is 0 Å². The van der Waals surface area contributed by atoms with E-state index >= 15 is 0 Å². The van der Waals surface area contributed by atoms with Gasteiger partial charge in [0.25, 0.3) is 0 Å². The number of carbonyl (C=O) groups excluding carboxylic acids is 2. The van der Waals surface area contributed by atoms with E-state index in [9.17, 15) is 13.3 Å². The maximum absolute atomic E-state index is 9.56. The molecule has 0 amide bonds. The number of carbonyl (C=O) groups is 2. The molecule has 0 spiro atoms. The molecule has 1 N–H and O–H groups in total. The van der Waals surface area contributed by atoms with E-state index < -0.39 is 14.9 Å². The van der Waals surface area contributed by atoms with E-state index in [-0.39, 0.29) is 0 Å². The van der Waals surface area contributed by atoms with E-state index in [0.29, 0.717) is 19.3 Å². The monoisotopic (exact) mass is 224 g/mol. The summed E-state index contributed by atoms with van der Waals surface area (Å²) in [4.78, 5) is 19.1. The first-order chi connectivity index (χ1) is 5.15. The van der Waals surface area contributed by atoms with E-state index in [1.165, 1.54) is 5.71 Å². The Morgan fingerprint density at radius 3 is 1.73 bits per heavy atom. The van der Waals surface area contributed by atoms with Gasteiger partial charge in [0.2, 0.25) is 0 Å². The molecule has 0 aliphatic heterocycles. The van der Waals surface area contributed by atoms with Crippen molar-refractivity contribution in [3.63, 3.8) is 0 Å². The molecule has 0 rings (SSSR count). The van der Waals surface area contributed by atoms with Crippen LogP contribution in [0.4, 0.5) is 0 Å². The van der Waals surface area contributed by atoms with Gasteiger partial charge in [-0.25, -0.2) is 0 Å². The Hall–Kier alpha value is -0.342. The first-order valence-corrected chi connectivity index (χ1v) is 7.11. The molecule has 0 aromatic carbocycles. The zero-order chi connectivity index (χ0) is 9.11. The fourth-order valence-electron chi connectivity index (χ4n) is 0.285. The van der Waals surface area contributed by atoms with Crippen LogP contribution in [0.3, 0.4) is 0 Å². The van der Waals surface area contributed by atoms with Crippen LogP contribution in [0.25, 0.3) is 0 Å². The standard InChI is InChI=1S/C5H8O2.CH5AsO2/c6-4-2-1-3-5-7;1-2(3)4/h4-5H,1-3H2;2H,1H3,(H,3,4). The van der Waals surface area contributed by atoms with Crippen LogP contribution in [0, 0.1) is 0 Å². The summed E-state index contributed by atoms with van der Waals surface area (Å²) in [7, 11) is 0.